The normalized spacial score (nSPS) is 15.6. The van der Waals surface area contributed by atoms with E-state index in [1.807, 2.05) is 26.0 Å². The minimum absolute atomic E-state index is 0.0653. The van der Waals surface area contributed by atoms with Gasteiger partial charge in [-0.25, -0.2) is 0 Å². The van der Waals surface area contributed by atoms with Crippen LogP contribution in [0.5, 0.6) is 0 Å². The number of piperidine rings is 1. The van der Waals surface area contributed by atoms with Gasteiger partial charge >= 0.3 is 0 Å². The number of benzene rings is 1. The van der Waals surface area contributed by atoms with Gasteiger partial charge in [0.2, 0.25) is 0 Å². The van der Waals surface area contributed by atoms with Crippen LogP contribution in [0.15, 0.2) is 36.5 Å². The number of allylic oxidation sites excluding steroid dienone is 1. The van der Waals surface area contributed by atoms with Crippen LogP contribution in [0.3, 0.4) is 0 Å². The summed E-state index contributed by atoms with van der Waals surface area (Å²) in [7, 11) is 0. The van der Waals surface area contributed by atoms with Crippen molar-refractivity contribution < 1.29 is 4.79 Å². The summed E-state index contributed by atoms with van der Waals surface area (Å²) in [6, 6.07) is 8.36. The van der Waals surface area contributed by atoms with Gasteiger partial charge in [0.05, 0.1) is 0 Å². The summed E-state index contributed by atoms with van der Waals surface area (Å²) < 4.78 is 0. The van der Waals surface area contributed by atoms with Crippen molar-refractivity contribution in [2.24, 2.45) is 11.8 Å². The van der Waals surface area contributed by atoms with E-state index in [-0.39, 0.29) is 11.7 Å². The summed E-state index contributed by atoms with van der Waals surface area (Å²) in [6.07, 6.45) is 8.82. The molecule has 1 saturated heterocycles. The first-order chi connectivity index (χ1) is 12.9. The topological polar surface area (TPSA) is 20.3 Å². The van der Waals surface area contributed by atoms with Crippen molar-refractivity contribution in [3.8, 4) is 0 Å². The maximum atomic E-state index is 12.1. The Bertz CT molecular complexity index is 591. The van der Waals surface area contributed by atoms with Crippen LogP contribution in [0.2, 0.25) is 0 Å². The van der Waals surface area contributed by atoms with Crippen molar-refractivity contribution >= 4 is 5.78 Å². The highest BCUT2D eigenvalue weighted by Crippen LogP contribution is 2.30. The molecule has 0 atom stereocenters. The van der Waals surface area contributed by atoms with Crippen molar-refractivity contribution in [2.75, 3.05) is 13.1 Å². The highest BCUT2D eigenvalue weighted by Gasteiger charge is 2.21. The highest BCUT2D eigenvalue weighted by molar-refractivity contribution is 5.97. The summed E-state index contributed by atoms with van der Waals surface area (Å²) in [4.78, 5) is 14.6. The first kappa shape index (κ1) is 21.7. The van der Waals surface area contributed by atoms with Crippen molar-refractivity contribution in [3.63, 3.8) is 0 Å². The van der Waals surface area contributed by atoms with Gasteiger partial charge < -0.3 is 4.90 Å². The molecule has 0 bridgehead atoms. The molecule has 0 aliphatic carbocycles. The first-order valence-electron chi connectivity index (χ1n) is 11.0. The van der Waals surface area contributed by atoms with Gasteiger partial charge in [-0.15, -0.1) is 0 Å². The zero-order valence-electron chi connectivity index (χ0n) is 18.0. The Morgan fingerprint density at radius 3 is 2.22 bits per heavy atom. The Labute approximate surface area is 167 Å². The third kappa shape index (κ3) is 6.83. The number of likely N-dealkylation sites (tertiary alicyclic amines) is 1. The fraction of sp³-hybridized carbons (Fsp3) is 0.640. The monoisotopic (exact) mass is 369 g/mol. The van der Waals surface area contributed by atoms with Gasteiger partial charge in [0.1, 0.15) is 0 Å². The van der Waals surface area contributed by atoms with Crippen LogP contribution in [-0.2, 0) is 0 Å². The molecular formula is C25H39NO. The molecule has 2 heteroatoms. The summed E-state index contributed by atoms with van der Waals surface area (Å²) >= 11 is 0. The molecule has 2 nitrogen and oxygen atoms in total. The van der Waals surface area contributed by atoms with Crippen LogP contribution in [0, 0.1) is 11.8 Å². The van der Waals surface area contributed by atoms with Gasteiger partial charge in [-0.2, -0.15) is 0 Å². The number of carbonyl (C=O) groups excluding carboxylic acids is 1. The second-order valence-electron chi connectivity index (χ2n) is 8.96. The minimum atomic E-state index is 0.0653. The number of hydrogen-bond donors (Lipinski definition) is 0. The Morgan fingerprint density at radius 1 is 1.04 bits per heavy atom. The Kier molecular flexibility index (Phi) is 8.60. The van der Waals surface area contributed by atoms with E-state index in [0.29, 0.717) is 5.92 Å². The average molecular weight is 370 g/mol. The molecule has 0 N–H and O–H groups in total. The Hall–Kier alpha value is -1.57. The first-order valence-corrected chi connectivity index (χ1v) is 11.0. The zero-order chi connectivity index (χ0) is 19.8. The van der Waals surface area contributed by atoms with E-state index in [9.17, 15) is 4.79 Å². The second kappa shape index (κ2) is 10.7. The van der Waals surface area contributed by atoms with E-state index in [1.54, 1.807) is 0 Å². The van der Waals surface area contributed by atoms with E-state index in [4.69, 9.17) is 0 Å². The molecule has 2 rings (SSSR count). The number of unbranched alkanes of at least 4 members (excludes halogenated alkanes) is 2. The molecule has 1 aromatic carbocycles. The summed E-state index contributed by atoms with van der Waals surface area (Å²) in [5.74, 6) is 1.74. The van der Waals surface area contributed by atoms with E-state index in [2.05, 4.69) is 37.5 Å². The molecule has 0 unspecified atom stereocenters. The fourth-order valence-corrected chi connectivity index (χ4v) is 4.00. The minimum Gasteiger partial charge on any atom is -0.375 e. The zero-order valence-corrected chi connectivity index (χ0v) is 18.0. The lowest BCUT2D eigenvalue weighted by Gasteiger charge is -2.35. The summed E-state index contributed by atoms with van der Waals surface area (Å²) in [6.45, 7) is 15.1. The lowest BCUT2D eigenvalue weighted by molar-refractivity contribution is 0.0939. The second-order valence-corrected chi connectivity index (χ2v) is 8.96. The molecule has 0 saturated carbocycles. The predicted molar refractivity (Wildman–Crippen MR) is 116 cm³/mol. The summed E-state index contributed by atoms with van der Waals surface area (Å²) in [5.41, 5.74) is 3.56. The van der Waals surface area contributed by atoms with Gasteiger partial charge in [-0.1, -0.05) is 77.8 Å². The van der Waals surface area contributed by atoms with Crippen LogP contribution >= 0.6 is 0 Å². The highest BCUT2D eigenvalue weighted by atomic mass is 16.1. The molecule has 0 amide bonds. The van der Waals surface area contributed by atoms with Crippen LogP contribution < -0.4 is 0 Å². The van der Waals surface area contributed by atoms with E-state index < -0.39 is 0 Å². The van der Waals surface area contributed by atoms with Gasteiger partial charge in [0.15, 0.2) is 5.78 Å². The van der Waals surface area contributed by atoms with E-state index in [1.165, 1.54) is 49.8 Å². The van der Waals surface area contributed by atoms with E-state index >= 15 is 0 Å². The van der Waals surface area contributed by atoms with Crippen molar-refractivity contribution in [3.05, 3.63) is 47.7 Å². The van der Waals surface area contributed by atoms with Crippen molar-refractivity contribution in [2.45, 2.75) is 78.6 Å². The standard InChI is InChI=1S/C25H39NO/c1-19(2)9-7-6-8-10-21(5)26-17-15-23(16-18-26)22-11-13-24(14-12-22)25(27)20(3)4/h11-14,19-20,23H,5-10,15-18H2,1-4H3. The fourth-order valence-electron chi connectivity index (χ4n) is 4.00. The lowest BCUT2D eigenvalue weighted by atomic mass is 9.88. The van der Waals surface area contributed by atoms with Crippen LogP contribution in [0.1, 0.15) is 94.5 Å². The molecule has 1 aromatic rings. The molecular weight excluding hydrogens is 330 g/mol. The molecule has 1 heterocycles. The Balaban J connectivity index is 1.74. The smallest absolute Gasteiger partial charge is 0.165 e. The number of Topliss-reactive ketones (excluding diaryl/α,β-unsaturated/α-hetero) is 1. The van der Waals surface area contributed by atoms with Crippen LogP contribution in [0.4, 0.5) is 0 Å². The van der Waals surface area contributed by atoms with Crippen molar-refractivity contribution in [1.29, 1.82) is 0 Å². The molecule has 1 aliphatic rings. The number of carbonyl (C=O) groups is 1. The largest absolute Gasteiger partial charge is 0.375 e. The number of rotatable bonds is 10. The Morgan fingerprint density at radius 2 is 1.67 bits per heavy atom. The molecule has 1 aliphatic heterocycles. The van der Waals surface area contributed by atoms with Gasteiger partial charge in [-0.05, 0) is 43.1 Å². The maximum absolute atomic E-state index is 12.1. The SMILES string of the molecule is C=C(CCCCCC(C)C)N1CCC(c2ccc(C(=O)C(C)C)cc2)CC1. The van der Waals surface area contributed by atoms with Gasteiger partial charge in [0.25, 0.3) is 0 Å². The molecule has 1 fully saturated rings. The molecule has 150 valence electrons. The van der Waals surface area contributed by atoms with Gasteiger partial charge in [0, 0.05) is 30.3 Å². The maximum Gasteiger partial charge on any atom is 0.165 e. The van der Waals surface area contributed by atoms with Gasteiger partial charge in [-0.3, -0.25) is 4.79 Å². The molecule has 0 spiro atoms. The summed E-state index contributed by atoms with van der Waals surface area (Å²) in [5, 5.41) is 0. The van der Waals surface area contributed by atoms with E-state index in [0.717, 1.165) is 31.0 Å². The quantitative estimate of drug-likeness (QED) is 0.333. The third-order valence-corrected chi connectivity index (χ3v) is 5.88. The average Bonchev–Trinajstić information content (AvgIpc) is 2.67. The van der Waals surface area contributed by atoms with Crippen molar-refractivity contribution in [1.82, 2.24) is 4.90 Å². The molecule has 0 radical (unpaired) electrons. The lowest BCUT2D eigenvalue weighted by Crippen LogP contribution is -2.32. The number of ketones is 1. The van der Waals surface area contributed by atoms with Crippen LogP contribution in [0.25, 0.3) is 0 Å². The number of hydrogen-bond acceptors (Lipinski definition) is 2. The predicted octanol–water partition coefficient (Wildman–Crippen LogP) is 6.82. The molecule has 27 heavy (non-hydrogen) atoms. The molecule has 0 aromatic heterocycles. The van der Waals surface area contributed by atoms with Crippen LogP contribution in [-0.4, -0.2) is 23.8 Å². The number of nitrogens with zero attached hydrogens (tertiary/aromatic N) is 1. The third-order valence-electron chi connectivity index (χ3n) is 5.88.